The largest absolute Gasteiger partial charge is 0.289 e. The van der Waals surface area contributed by atoms with Crippen molar-refractivity contribution in [3.8, 4) is 0 Å². The number of hydrogen-bond donors (Lipinski definition) is 0. The summed E-state index contributed by atoms with van der Waals surface area (Å²) < 4.78 is 38.0. The summed E-state index contributed by atoms with van der Waals surface area (Å²) in [5, 5.41) is 11.1. The van der Waals surface area contributed by atoms with Crippen LogP contribution in [0.25, 0.3) is 0 Å². The van der Waals surface area contributed by atoms with Crippen LogP contribution in [-0.2, 0) is 14.8 Å². The number of amides is 1. The lowest BCUT2D eigenvalue weighted by Crippen LogP contribution is -2.64. The predicted molar refractivity (Wildman–Crippen MR) is 90.7 cm³/mol. The molecule has 1 amide bonds. The van der Waals surface area contributed by atoms with Gasteiger partial charge in [0.1, 0.15) is 11.9 Å². The third-order valence-electron chi connectivity index (χ3n) is 3.86. The minimum Gasteiger partial charge on any atom is -0.270 e. The number of β-lactam (4-membered cyclic amide) rings is 1. The normalized spacial score (nSPS) is 19.1. The summed E-state index contributed by atoms with van der Waals surface area (Å²) in [4.78, 5) is 21.8. The van der Waals surface area contributed by atoms with Crippen molar-refractivity contribution in [2.45, 2.75) is 15.3 Å². The average Bonchev–Trinajstić information content (AvgIpc) is 2.59. The van der Waals surface area contributed by atoms with Crippen molar-refractivity contribution in [2.75, 3.05) is 0 Å². The Morgan fingerprint density at radius 3 is 2.31 bits per heavy atom. The molecule has 1 saturated heterocycles. The molecule has 11 heteroatoms. The van der Waals surface area contributed by atoms with E-state index in [1.54, 1.807) is 0 Å². The van der Waals surface area contributed by atoms with Crippen molar-refractivity contribution in [1.82, 2.24) is 4.31 Å². The van der Waals surface area contributed by atoms with Crippen molar-refractivity contribution in [2.24, 2.45) is 0 Å². The predicted octanol–water partition coefficient (Wildman–Crippen LogP) is 3.18. The van der Waals surface area contributed by atoms with E-state index in [0.29, 0.717) is 0 Å². The topological polar surface area (TPSA) is 97.6 Å². The molecule has 136 valence electrons. The number of nitro benzene ring substituents is 1. The van der Waals surface area contributed by atoms with Gasteiger partial charge in [0.2, 0.25) is 4.33 Å². The summed E-state index contributed by atoms with van der Waals surface area (Å²) in [5.74, 6) is -2.04. The van der Waals surface area contributed by atoms with E-state index in [2.05, 4.69) is 0 Å². The summed E-state index contributed by atoms with van der Waals surface area (Å²) in [7, 11) is -4.71. The Morgan fingerprint density at radius 2 is 1.69 bits per heavy atom. The van der Waals surface area contributed by atoms with Crippen molar-refractivity contribution in [1.29, 1.82) is 0 Å². The first-order valence-corrected chi connectivity index (χ1v) is 9.24. The number of rotatable bonds is 4. The molecule has 1 fully saturated rings. The van der Waals surface area contributed by atoms with Crippen LogP contribution in [0.5, 0.6) is 0 Å². The van der Waals surface area contributed by atoms with Gasteiger partial charge >= 0.3 is 0 Å². The SMILES string of the molecule is O=C1N(S(=O)(=O)c2ccccc2[N+](=O)[O-])C(c2ccccc2F)C1(Cl)Cl. The minimum atomic E-state index is -4.71. The average molecular weight is 419 g/mol. The molecule has 1 unspecified atom stereocenters. The quantitative estimate of drug-likeness (QED) is 0.328. The number of nitrogens with zero attached hydrogens (tertiary/aromatic N) is 2. The van der Waals surface area contributed by atoms with Gasteiger partial charge in [0.05, 0.1) is 4.92 Å². The molecule has 0 N–H and O–H groups in total. The second-order valence-electron chi connectivity index (χ2n) is 5.38. The highest BCUT2D eigenvalue weighted by atomic mass is 35.5. The Hall–Kier alpha value is -2.23. The standard InChI is InChI=1S/C15H9Cl2FN2O5S/c16-15(17)13(9-5-1-2-6-10(9)18)19(14(15)21)26(24,25)12-8-4-3-7-11(12)20(22)23/h1-8,13H. The maximum atomic E-state index is 14.1. The van der Waals surface area contributed by atoms with Crippen LogP contribution in [0, 0.1) is 15.9 Å². The first-order valence-electron chi connectivity index (χ1n) is 7.04. The molecule has 1 aliphatic heterocycles. The fraction of sp³-hybridized carbons (Fsp3) is 0.133. The molecule has 1 atom stereocenters. The van der Waals surface area contributed by atoms with Gasteiger partial charge in [0.15, 0.2) is 4.90 Å². The van der Waals surface area contributed by atoms with E-state index in [0.717, 1.165) is 18.2 Å². The number of carbonyl (C=O) groups is 1. The number of alkyl halides is 2. The lowest BCUT2D eigenvalue weighted by atomic mass is 9.95. The zero-order valence-electron chi connectivity index (χ0n) is 12.7. The zero-order valence-corrected chi connectivity index (χ0v) is 15.0. The van der Waals surface area contributed by atoms with Crippen LogP contribution in [0.4, 0.5) is 10.1 Å². The first kappa shape index (κ1) is 18.6. The molecular formula is C15H9Cl2FN2O5S. The molecule has 1 aliphatic rings. The van der Waals surface area contributed by atoms with E-state index in [1.165, 1.54) is 30.3 Å². The zero-order chi connectivity index (χ0) is 19.3. The Labute approximate surface area is 157 Å². The van der Waals surface area contributed by atoms with Crippen molar-refractivity contribution in [3.05, 3.63) is 70.0 Å². The summed E-state index contributed by atoms with van der Waals surface area (Å²) >= 11 is 11.9. The Kier molecular flexibility index (Phi) is 4.41. The second-order valence-corrected chi connectivity index (χ2v) is 8.55. The molecule has 2 aromatic rings. The number of nitro groups is 1. The third kappa shape index (κ3) is 2.63. The highest BCUT2D eigenvalue weighted by Gasteiger charge is 2.65. The van der Waals surface area contributed by atoms with Crippen LogP contribution >= 0.6 is 23.2 Å². The van der Waals surface area contributed by atoms with E-state index >= 15 is 0 Å². The molecule has 26 heavy (non-hydrogen) atoms. The van der Waals surface area contributed by atoms with Crippen LogP contribution in [0.2, 0.25) is 0 Å². The minimum absolute atomic E-state index is 0.223. The van der Waals surface area contributed by atoms with Crippen LogP contribution < -0.4 is 0 Å². The monoisotopic (exact) mass is 418 g/mol. The van der Waals surface area contributed by atoms with E-state index in [4.69, 9.17) is 23.2 Å². The van der Waals surface area contributed by atoms with Gasteiger partial charge in [-0.3, -0.25) is 14.9 Å². The molecular weight excluding hydrogens is 410 g/mol. The third-order valence-corrected chi connectivity index (χ3v) is 6.39. The molecule has 7 nitrogen and oxygen atoms in total. The smallest absolute Gasteiger partial charge is 0.270 e. The maximum absolute atomic E-state index is 14.1. The molecule has 2 aromatic carbocycles. The molecule has 0 aromatic heterocycles. The fourth-order valence-corrected chi connectivity index (χ4v) is 5.27. The molecule has 0 radical (unpaired) electrons. The summed E-state index contributed by atoms with van der Waals surface area (Å²) in [6.07, 6.45) is 0. The molecule has 0 saturated carbocycles. The van der Waals surface area contributed by atoms with Gasteiger partial charge in [-0.2, -0.15) is 0 Å². The van der Waals surface area contributed by atoms with Gasteiger partial charge < -0.3 is 0 Å². The van der Waals surface area contributed by atoms with E-state index < -0.39 is 47.6 Å². The van der Waals surface area contributed by atoms with Crippen LogP contribution in [0.3, 0.4) is 0 Å². The Morgan fingerprint density at radius 1 is 1.12 bits per heavy atom. The Bertz CT molecular complexity index is 1030. The van der Waals surface area contributed by atoms with Crippen LogP contribution in [-0.4, -0.2) is 27.9 Å². The van der Waals surface area contributed by atoms with Gasteiger partial charge in [-0.25, -0.2) is 17.1 Å². The van der Waals surface area contributed by atoms with Crippen LogP contribution in [0.1, 0.15) is 11.6 Å². The lowest BCUT2D eigenvalue weighted by Gasteiger charge is -2.47. The van der Waals surface area contributed by atoms with E-state index in [9.17, 15) is 27.7 Å². The van der Waals surface area contributed by atoms with E-state index in [-0.39, 0.29) is 9.87 Å². The van der Waals surface area contributed by atoms with Crippen molar-refractivity contribution in [3.63, 3.8) is 0 Å². The van der Waals surface area contributed by atoms with Crippen LogP contribution in [0.15, 0.2) is 53.4 Å². The molecule has 1 heterocycles. The van der Waals surface area contributed by atoms with Gasteiger partial charge in [0.25, 0.3) is 21.6 Å². The van der Waals surface area contributed by atoms with Gasteiger partial charge in [-0.1, -0.05) is 53.5 Å². The highest BCUT2D eigenvalue weighted by molar-refractivity contribution is 7.90. The molecule has 0 bridgehead atoms. The fourth-order valence-electron chi connectivity index (χ4n) is 2.66. The number of para-hydroxylation sites is 1. The number of benzene rings is 2. The van der Waals surface area contributed by atoms with Gasteiger partial charge in [0, 0.05) is 11.6 Å². The van der Waals surface area contributed by atoms with Crippen molar-refractivity contribution >= 4 is 44.8 Å². The number of carbonyl (C=O) groups excluding carboxylic acids is 1. The summed E-state index contributed by atoms with van der Waals surface area (Å²) in [5.41, 5.74) is -0.950. The lowest BCUT2D eigenvalue weighted by molar-refractivity contribution is -0.387. The summed E-state index contributed by atoms with van der Waals surface area (Å²) in [6, 6.07) is 7.99. The van der Waals surface area contributed by atoms with Gasteiger partial charge in [-0.15, -0.1) is 0 Å². The Balaban J connectivity index is 2.17. The molecule has 0 spiro atoms. The number of halogens is 3. The summed E-state index contributed by atoms with van der Waals surface area (Å²) in [6.45, 7) is 0. The molecule has 0 aliphatic carbocycles. The van der Waals surface area contributed by atoms with E-state index in [1.807, 2.05) is 0 Å². The maximum Gasteiger partial charge on any atom is 0.289 e. The van der Waals surface area contributed by atoms with Gasteiger partial charge in [-0.05, 0) is 12.1 Å². The second kappa shape index (κ2) is 6.19. The highest BCUT2D eigenvalue weighted by Crippen LogP contribution is 2.54. The first-order chi connectivity index (χ1) is 12.1. The van der Waals surface area contributed by atoms with Crippen molar-refractivity contribution < 1.29 is 22.5 Å². The number of sulfonamides is 1. The number of hydrogen-bond acceptors (Lipinski definition) is 5. The molecule has 3 rings (SSSR count).